The van der Waals surface area contributed by atoms with E-state index in [-0.39, 0.29) is 12.1 Å². The highest BCUT2D eigenvalue weighted by atomic mass is 35.5. The molecule has 86 valence electrons. The Hall–Kier alpha value is -0.910. The highest BCUT2D eigenvalue weighted by Gasteiger charge is 2.22. The Morgan fingerprint density at radius 3 is 2.88 bits per heavy atom. The molecule has 6 heteroatoms. The highest BCUT2D eigenvalue weighted by Crippen LogP contribution is 2.31. The van der Waals surface area contributed by atoms with Crippen molar-refractivity contribution < 1.29 is 0 Å². The Labute approximate surface area is 103 Å². The zero-order valence-electron chi connectivity index (χ0n) is 8.88. The number of rotatable bonds is 4. The van der Waals surface area contributed by atoms with Gasteiger partial charge in [0.15, 0.2) is 0 Å². The second-order valence-electron chi connectivity index (χ2n) is 3.53. The average Bonchev–Trinajstić information content (AvgIpc) is 2.91. The van der Waals surface area contributed by atoms with Gasteiger partial charge in [-0.1, -0.05) is 18.5 Å². The lowest BCUT2D eigenvalue weighted by atomic mass is 10.1. The second-order valence-corrected chi connectivity index (χ2v) is 5.28. The molecule has 2 heterocycles. The summed E-state index contributed by atoms with van der Waals surface area (Å²) in [4.78, 5) is 5.08. The predicted molar refractivity (Wildman–Crippen MR) is 65.8 cm³/mol. The Balaban J connectivity index is 2.35. The fourth-order valence-electron chi connectivity index (χ4n) is 1.61. The first-order chi connectivity index (χ1) is 7.72. The van der Waals surface area contributed by atoms with Gasteiger partial charge in [-0.3, -0.25) is 0 Å². The molecular weight excluding hydrogens is 244 g/mol. The average molecular weight is 257 g/mol. The third-order valence-electron chi connectivity index (χ3n) is 2.48. The summed E-state index contributed by atoms with van der Waals surface area (Å²) in [5, 5.41) is 4.16. The van der Waals surface area contributed by atoms with Crippen molar-refractivity contribution in [2.75, 3.05) is 0 Å². The van der Waals surface area contributed by atoms with Crippen LogP contribution in [0.5, 0.6) is 0 Å². The summed E-state index contributed by atoms with van der Waals surface area (Å²) in [6, 6.07) is 3.91. The number of nitrogens with zero attached hydrogens (tertiary/aromatic N) is 3. The van der Waals surface area contributed by atoms with Gasteiger partial charge in [-0.05, 0) is 18.6 Å². The minimum Gasteiger partial charge on any atom is -0.326 e. The van der Waals surface area contributed by atoms with E-state index in [1.54, 1.807) is 11.0 Å². The summed E-state index contributed by atoms with van der Waals surface area (Å²) in [5.41, 5.74) is 6.12. The Bertz CT molecular complexity index is 439. The van der Waals surface area contributed by atoms with Gasteiger partial charge in [0.25, 0.3) is 0 Å². The summed E-state index contributed by atoms with van der Waals surface area (Å²) >= 11 is 7.48. The van der Waals surface area contributed by atoms with Crippen molar-refractivity contribution in [1.29, 1.82) is 0 Å². The zero-order valence-corrected chi connectivity index (χ0v) is 10.4. The van der Waals surface area contributed by atoms with Crippen LogP contribution in [0.2, 0.25) is 4.34 Å². The minimum atomic E-state index is 0.0106. The predicted octanol–water partition coefficient (Wildman–Crippen LogP) is 2.32. The van der Waals surface area contributed by atoms with Crippen LogP contribution in [-0.4, -0.2) is 20.8 Å². The fourth-order valence-corrected chi connectivity index (χ4v) is 2.84. The van der Waals surface area contributed by atoms with Crippen molar-refractivity contribution in [2.24, 2.45) is 5.73 Å². The third kappa shape index (κ3) is 2.26. The van der Waals surface area contributed by atoms with Gasteiger partial charge >= 0.3 is 0 Å². The molecule has 2 unspecified atom stereocenters. The van der Waals surface area contributed by atoms with E-state index in [4.69, 9.17) is 17.3 Å². The molecule has 2 atom stereocenters. The maximum Gasteiger partial charge on any atom is 0.137 e. The molecule has 0 aliphatic rings. The van der Waals surface area contributed by atoms with E-state index >= 15 is 0 Å². The zero-order chi connectivity index (χ0) is 11.5. The van der Waals surface area contributed by atoms with Crippen molar-refractivity contribution in [3.05, 3.63) is 34.0 Å². The van der Waals surface area contributed by atoms with Gasteiger partial charge in [0.1, 0.15) is 18.7 Å². The molecule has 2 aromatic rings. The van der Waals surface area contributed by atoms with Crippen molar-refractivity contribution in [3.63, 3.8) is 0 Å². The molecule has 0 spiro atoms. The van der Waals surface area contributed by atoms with E-state index in [1.165, 1.54) is 17.7 Å². The van der Waals surface area contributed by atoms with E-state index < -0.39 is 0 Å². The standard InChI is InChI=1S/C10H13ClN4S/c1-2-7(12)10(15-6-13-5-14-15)8-3-4-9(11)16-8/h3-7,10H,2,12H2,1H3. The highest BCUT2D eigenvalue weighted by molar-refractivity contribution is 7.16. The van der Waals surface area contributed by atoms with Gasteiger partial charge in [-0.2, -0.15) is 5.10 Å². The monoisotopic (exact) mass is 256 g/mol. The molecule has 0 aliphatic carbocycles. The topological polar surface area (TPSA) is 56.7 Å². The summed E-state index contributed by atoms with van der Waals surface area (Å²) in [6.45, 7) is 2.06. The van der Waals surface area contributed by atoms with E-state index in [9.17, 15) is 0 Å². The van der Waals surface area contributed by atoms with Crippen LogP contribution in [0.3, 0.4) is 0 Å². The van der Waals surface area contributed by atoms with Crippen molar-refractivity contribution in [1.82, 2.24) is 14.8 Å². The quantitative estimate of drug-likeness (QED) is 0.913. The van der Waals surface area contributed by atoms with Gasteiger partial charge in [0, 0.05) is 10.9 Å². The molecule has 0 aliphatic heterocycles. The number of aromatic nitrogens is 3. The van der Waals surface area contributed by atoms with Crippen LogP contribution in [0.15, 0.2) is 24.8 Å². The van der Waals surface area contributed by atoms with Crippen molar-refractivity contribution in [3.8, 4) is 0 Å². The molecular formula is C10H13ClN4S. The second kappa shape index (κ2) is 4.95. The van der Waals surface area contributed by atoms with Gasteiger partial charge in [-0.25, -0.2) is 9.67 Å². The lowest BCUT2D eigenvalue weighted by Gasteiger charge is -2.21. The van der Waals surface area contributed by atoms with Gasteiger partial charge in [-0.15, -0.1) is 11.3 Å². The molecule has 0 saturated carbocycles. The number of thiophene rings is 1. The first kappa shape index (κ1) is 11.6. The normalized spacial score (nSPS) is 14.9. The number of hydrogen-bond acceptors (Lipinski definition) is 4. The molecule has 2 aromatic heterocycles. The maximum atomic E-state index is 6.12. The molecule has 0 saturated heterocycles. The lowest BCUT2D eigenvalue weighted by Crippen LogP contribution is -2.32. The first-order valence-corrected chi connectivity index (χ1v) is 6.26. The molecule has 2 N–H and O–H groups in total. The number of hydrogen-bond donors (Lipinski definition) is 1. The molecule has 2 rings (SSSR count). The lowest BCUT2D eigenvalue weighted by molar-refractivity contribution is 0.429. The summed E-state index contributed by atoms with van der Waals surface area (Å²) < 4.78 is 2.56. The van der Waals surface area contributed by atoms with Crippen LogP contribution >= 0.6 is 22.9 Å². The summed E-state index contributed by atoms with van der Waals surface area (Å²) in [6.07, 6.45) is 4.08. The smallest absolute Gasteiger partial charge is 0.137 e. The largest absolute Gasteiger partial charge is 0.326 e. The molecule has 16 heavy (non-hydrogen) atoms. The van der Waals surface area contributed by atoms with Crippen LogP contribution < -0.4 is 5.73 Å². The molecule has 0 radical (unpaired) electrons. The van der Waals surface area contributed by atoms with E-state index in [0.717, 1.165) is 15.6 Å². The van der Waals surface area contributed by atoms with Crippen LogP contribution in [0.1, 0.15) is 24.3 Å². The van der Waals surface area contributed by atoms with Gasteiger partial charge in [0.05, 0.1) is 4.34 Å². The maximum absolute atomic E-state index is 6.12. The molecule has 0 amide bonds. The van der Waals surface area contributed by atoms with Crippen molar-refractivity contribution >= 4 is 22.9 Å². The summed E-state index contributed by atoms with van der Waals surface area (Å²) in [5.74, 6) is 0. The van der Waals surface area contributed by atoms with Crippen LogP contribution in [0.4, 0.5) is 0 Å². The van der Waals surface area contributed by atoms with Crippen LogP contribution in [-0.2, 0) is 0 Å². The first-order valence-electron chi connectivity index (χ1n) is 5.07. The van der Waals surface area contributed by atoms with Crippen molar-refractivity contribution in [2.45, 2.75) is 25.4 Å². The van der Waals surface area contributed by atoms with Crippen LogP contribution in [0, 0.1) is 0 Å². The van der Waals surface area contributed by atoms with Gasteiger partial charge in [0.2, 0.25) is 0 Å². The molecule has 4 nitrogen and oxygen atoms in total. The Morgan fingerprint density at radius 2 is 2.38 bits per heavy atom. The van der Waals surface area contributed by atoms with E-state index in [0.29, 0.717) is 0 Å². The third-order valence-corrected chi connectivity index (χ3v) is 3.79. The number of nitrogens with two attached hydrogens (primary N) is 1. The fraction of sp³-hybridized carbons (Fsp3) is 0.400. The minimum absolute atomic E-state index is 0.0106. The van der Waals surface area contributed by atoms with Gasteiger partial charge < -0.3 is 5.73 Å². The SMILES string of the molecule is CCC(N)C(c1ccc(Cl)s1)n1cncn1. The Kier molecular flexibility index (Phi) is 3.58. The summed E-state index contributed by atoms with van der Waals surface area (Å²) in [7, 11) is 0. The Morgan fingerprint density at radius 1 is 1.56 bits per heavy atom. The molecule has 0 bridgehead atoms. The van der Waals surface area contributed by atoms with Crippen LogP contribution in [0.25, 0.3) is 0 Å². The van der Waals surface area contributed by atoms with E-state index in [1.807, 2.05) is 12.1 Å². The number of halogens is 1. The molecule has 0 fully saturated rings. The molecule has 0 aromatic carbocycles. The van der Waals surface area contributed by atoms with E-state index in [2.05, 4.69) is 17.0 Å².